The molecule has 0 bridgehead atoms. The van der Waals surface area contributed by atoms with Gasteiger partial charge in [0.25, 0.3) is 0 Å². The molecule has 7 nitrogen and oxygen atoms in total. The number of pyridine rings is 1. The molecular weight excluding hydrogens is 296 g/mol. The predicted molar refractivity (Wildman–Crippen MR) is 75.9 cm³/mol. The molecule has 1 heterocycles. The van der Waals surface area contributed by atoms with Crippen LogP contribution in [0.15, 0.2) is 23.4 Å². The van der Waals surface area contributed by atoms with Gasteiger partial charge < -0.3 is 14.9 Å². The van der Waals surface area contributed by atoms with E-state index in [1.807, 2.05) is 0 Å². The predicted octanol–water partition coefficient (Wildman–Crippen LogP) is -0.945. The van der Waals surface area contributed by atoms with Crippen LogP contribution in [0.3, 0.4) is 0 Å². The number of hydrogen-bond donors (Lipinski definition) is 2. The second-order valence-corrected chi connectivity index (χ2v) is 5.93. The first-order valence-electron chi connectivity index (χ1n) is 6.21. The lowest BCUT2D eigenvalue weighted by molar-refractivity contribution is 0.168. The highest BCUT2D eigenvalue weighted by molar-refractivity contribution is 7.89. The highest BCUT2D eigenvalue weighted by Crippen LogP contribution is 2.15. The minimum absolute atomic E-state index is 0.0169. The van der Waals surface area contributed by atoms with Crippen molar-refractivity contribution in [3.63, 3.8) is 0 Å². The van der Waals surface area contributed by atoms with Gasteiger partial charge in [-0.1, -0.05) is 11.8 Å². The molecule has 0 radical (unpaired) electrons. The summed E-state index contributed by atoms with van der Waals surface area (Å²) in [4.78, 5) is 3.83. The summed E-state index contributed by atoms with van der Waals surface area (Å²) >= 11 is 0. The molecule has 0 aliphatic rings. The van der Waals surface area contributed by atoms with Gasteiger partial charge in [0, 0.05) is 38.2 Å². The Morgan fingerprint density at radius 1 is 1.33 bits per heavy atom. The van der Waals surface area contributed by atoms with E-state index in [4.69, 9.17) is 14.9 Å². The molecule has 0 aliphatic heterocycles. The fourth-order valence-electron chi connectivity index (χ4n) is 1.58. The molecule has 0 aromatic carbocycles. The minimum Gasteiger partial charge on any atom is -0.395 e. The van der Waals surface area contributed by atoms with Crippen molar-refractivity contribution in [1.29, 1.82) is 0 Å². The fourth-order valence-corrected chi connectivity index (χ4v) is 2.98. The van der Waals surface area contributed by atoms with Gasteiger partial charge in [-0.3, -0.25) is 4.98 Å². The van der Waals surface area contributed by atoms with Crippen LogP contribution < -0.4 is 0 Å². The van der Waals surface area contributed by atoms with Crippen LogP contribution >= 0.6 is 0 Å². The highest BCUT2D eigenvalue weighted by Gasteiger charge is 2.24. The van der Waals surface area contributed by atoms with Crippen molar-refractivity contribution in [3.8, 4) is 11.8 Å². The molecule has 8 heteroatoms. The van der Waals surface area contributed by atoms with Crippen molar-refractivity contribution in [3.05, 3.63) is 24.0 Å². The topological polar surface area (TPSA) is 100.0 Å². The lowest BCUT2D eigenvalue weighted by Gasteiger charge is -2.20. The summed E-state index contributed by atoms with van der Waals surface area (Å²) in [5.41, 5.74) is 0.390. The maximum absolute atomic E-state index is 12.5. The monoisotopic (exact) mass is 314 g/mol. The third kappa shape index (κ3) is 5.08. The zero-order valence-corrected chi connectivity index (χ0v) is 12.5. The average Bonchev–Trinajstić information content (AvgIpc) is 2.49. The first-order chi connectivity index (χ1) is 10.1. The van der Waals surface area contributed by atoms with Gasteiger partial charge in [-0.2, -0.15) is 4.31 Å². The van der Waals surface area contributed by atoms with E-state index in [0.717, 1.165) is 4.31 Å². The van der Waals surface area contributed by atoms with Gasteiger partial charge in [-0.25, -0.2) is 8.42 Å². The summed E-state index contributed by atoms with van der Waals surface area (Å²) < 4.78 is 30.9. The Labute approximate surface area is 124 Å². The van der Waals surface area contributed by atoms with E-state index in [1.54, 1.807) is 0 Å². The van der Waals surface area contributed by atoms with E-state index in [-0.39, 0.29) is 37.8 Å². The number of nitrogens with zero attached hydrogens (tertiary/aromatic N) is 2. The van der Waals surface area contributed by atoms with Gasteiger partial charge in [0.15, 0.2) is 0 Å². The molecule has 0 saturated heterocycles. The number of rotatable bonds is 7. The van der Waals surface area contributed by atoms with Crippen molar-refractivity contribution in [2.75, 3.05) is 40.0 Å². The van der Waals surface area contributed by atoms with Gasteiger partial charge in [0.2, 0.25) is 10.0 Å². The van der Waals surface area contributed by atoms with Gasteiger partial charge in [0.05, 0.1) is 13.2 Å². The van der Waals surface area contributed by atoms with Crippen LogP contribution in [0.4, 0.5) is 0 Å². The smallest absolute Gasteiger partial charge is 0.244 e. The zero-order valence-electron chi connectivity index (χ0n) is 11.7. The lowest BCUT2D eigenvalue weighted by Crippen LogP contribution is -2.36. The van der Waals surface area contributed by atoms with Crippen LogP contribution in [0.2, 0.25) is 0 Å². The second-order valence-electron chi connectivity index (χ2n) is 3.99. The molecule has 1 aromatic rings. The number of aromatic nitrogens is 1. The molecule has 2 N–H and O–H groups in total. The molecule has 0 atom stereocenters. The first-order valence-corrected chi connectivity index (χ1v) is 7.65. The Hall–Kier alpha value is -1.50. The van der Waals surface area contributed by atoms with Gasteiger partial charge in [0.1, 0.15) is 11.5 Å². The number of aliphatic hydroxyl groups is 2. The molecule has 0 unspecified atom stereocenters. The zero-order chi connectivity index (χ0) is 15.7. The number of ether oxygens (including phenoxy) is 1. The van der Waals surface area contributed by atoms with Crippen LogP contribution in [-0.4, -0.2) is 67.9 Å². The maximum Gasteiger partial charge on any atom is 0.244 e. The van der Waals surface area contributed by atoms with E-state index < -0.39 is 10.0 Å². The van der Waals surface area contributed by atoms with Gasteiger partial charge in [-0.15, -0.1) is 0 Å². The van der Waals surface area contributed by atoms with Crippen molar-refractivity contribution < 1.29 is 23.4 Å². The second kappa shape index (κ2) is 8.71. The van der Waals surface area contributed by atoms with Crippen LogP contribution in [0, 0.1) is 11.8 Å². The average molecular weight is 314 g/mol. The Bertz CT molecular complexity index is 606. The third-order valence-electron chi connectivity index (χ3n) is 2.56. The molecule has 116 valence electrons. The van der Waals surface area contributed by atoms with Crippen molar-refractivity contribution in [2.45, 2.75) is 4.90 Å². The quantitative estimate of drug-likeness (QED) is 0.630. The number of hydrogen-bond acceptors (Lipinski definition) is 6. The summed E-state index contributed by atoms with van der Waals surface area (Å²) in [5, 5.41) is 17.7. The van der Waals surface area contributed by atoms with Gasteiger partial charge in [-0.05, 0) is 6.07 Å². The minimum atomic E-state index is -3.78. The molecule has 0 saturated carbocycles. The standard InChI is InChI=1S/C13H18N2O5S/c1-20-8-5-15(4-7-17)21(18,19)13-9-12(3-2-6-16)10-14-11-13/h9-11,16-17H,4-8H2,1H3. The summed E-state index contributed by atoms with van der Waals surface area (Å²) in [7, 11) is -2.31. The highest BCUT2D eigenvalue weighted by atomic mass is 32.2. The van der Waals surface area contributed by atoms with E-state index >= 15 is 0 Å². The molecule has 0 amide bonds. The van der Waals surface area contributed by atoms with Crippen molar-refractivity contribution >= 4 is 10.0 Å². The van der Waals surface area contributed by atoms with E-state index in [0.29, 0.717) is 5.56 Å². The van der Waals surface area contributed by atoms with Crippen LogP contribution in [-0.2, 0) is 14.8 Å². The Morgan fingerprint density at radius 3 is 2.71 bits per heavy atom. The molecule has 0 fully saturated rings. The number of aliphatic hydroxyl groups excluding tert-OH is 2. The number of methoxy groups -OCH3 is 1. The normalized spacial score (nSPS) is 11.2. The molecule has 1 aromatic heterocycles. The van der Waals surface area contributed by atoms with E-state index in [9.17, 15) is 8.42 Å². The van der Waals surface area contributed by atoms with Crippen molar-refractivity contribution in [2.24, 2.45) is 0 Å². The summed E-state index contributed by atoms with van der Waals surface area (Å²) in [6.07, 6.45) is 2.63. The molecule has 0 aliphatic carbocycles. The third-order valence-corrected chi connectivity index (χ3v) is 4.42. The Morgan fingerprint density at radius 2 is 2.10 bits per heavy atom. The molecular formula is C13H18N2O5S. The molecule has 21 heavy (non-hydrogen) atoms. The van der Waals surface area contributed by atoms with Gasteiger partial charge >= 0.3 is 0 Å². The number of sulfonamides is 1. The lowest BCUT2D eigenvalue weighted by atomic mass is 10.3. The van der Waals surface area contributed by atoms with E-state index in [2.05, 4.69) is 16.8 Å². The summed E-state index contributed by atoms with van der Waals surface area (Å²) in [5.74, 6) is 5.03. The fraction of sp³-hybridized carbons (Fsp3) is 0.462. The van der Waals surface area contributed by atoms with Crippen LogP contribution in [0.1, 0.15) is 5.56 Å². The SMILES string of the molecule is COCCN(CCO)S(=O)(=O)c1cncc(C#CCO)c1. The Kier molecular flexibility index (Phi) is 7.28. The van der Waals surface area contributed by atoms with E-state index in [1.165, 1.54) is 25.6 Å². The summed E-state index contributed by atoms with van der Waals surface area (Å²) in [6.45, 7) is -0.289. The largest absolute Gasteiger partial charge is 0.395 e. The summed E-state index contributed by atoms with van der Waals surface area (Å²) in [6, 6.07) is 1.38. The first kappa shape index (κ1) is 17.6. The van der Waals surface area contributed by atoms with Crippen LogP contribution in [0.5, 0.6) is 0 Å². The molecule has 1 rings (SSSR count). The maximum atomic E-state index is 12.5. The molecule has 0 spiro atoms. The van der Waals surface area contributed by atoms with Crippen molar-refractivity contribution in [1.82, 2.24) is 9.29 Å². The Balaban J connectivity index is 3.09. The van der Waals surface area contributed by atoms with Crippen LogP contribution in [0.25, 0.3) is 0 Å².